The molecule has 1 aliphatic heterocycles. The second-order valence-corrected chi connectivity index (χ2v) is 8.14. The third-order valence-corrected chi connectivity index (χ3v) is 5.00. The fourth-order valence-electron chi connectivity index (χ4n) is 3.34. The Bertz CT molecular complexity index is 595. The molecule has 1 aromatic rings. The molecular formula is C23H40N4O2. The van der Waals surface area contributed by atoms with Crippen LogP contribution >= 0.6 is 0 Å². The molecule has 0 spiro atoms. The lowest BCUT2D eigenvalue weighted by atomic mass is 10.1. The summed E-state index contributed by atoms with van der Waals surface area (Å²) in [5.74, 6) is 1.78. The third-order valence-electron chi connectivity index (χ3n) is 5.00. The number of piperidine rings is 1. The number of likely N-dealkylation sites (tertiary alicyclic amines) is 1. The van der Waals surface area contributed by atoms with Crippen LogP contribution < -0.4 is 15.4 Å². The van der Waals surface area contributed by atoms with E-state index in [1.807, 2.05) is 12.1 Å². The number of nitrogens with zero attached hydrogens (tertiary/aromatic N) is 2. The molecule has 1 heterocycles. The van der Waals surface area contributed by atoms with E-state index in [4.69, 9.17) is 14.5 Å². The minimum Gasteiger partial charge on any atom is -0.489 e. The van der Waals surface area contributed by atoms with Gasteiger partial charge in [0, 0.05) is 32.2 Å². The number of hydrogen-bond donors (Lipinski definition) is 2. The Labute approximate surface area is 177 Å². The van der Waals surface area contributed by atoms with Crippen LogP contribution in [0.3, 0.4) is 0 Å². The predicted molar refractivity (Wildman–Crippen MR) is 121 cm³/mol. The first-order valence-corrected chi connectivity index (χ1v) is 11.1. The highest BCUT2D eigenvalue weighted by atomic mass is 16.5. The lowest BCUT2D eigenvalue weighted by molar-refractivity contribution is 0.0532. The molecule has 0 saturated carbocycles. The number of nitrogens with one attached hydrogen (secondary N) is 2. The Hall–Kier alpha value is -1.79. The molecule has 0 amide bonds. The van der Waals surface area contributed by atoms with Gasteiger partial charge in [0.1, 0.15) is 11.9 Å². The highest BCUT2D eigenvalue weighted by Gasteiger charge is 2.20. The van der Waals surface area contributed by atoms with Gasteiger partial charge in [-0.15, -0.1) is 0 Å². The smallest absolute Gasteiger partial charge is 0.191 e. The van der Waals surface area contributed by atoms with E-state index >= 15 is 0 Å². The molecule has 1 aromatic carbocycles. The van der Waals surface area contributed by atoms with E-state index in [1.54, 1.807) is 0 Å². The van der Waals surface area contributed by atoms with Crippen LogP contribution in [0.2, 0.25) is 0 Å². The molecule has 29 heavy (non-hydrogen) atoms. The van der Waals surface area contributed by atoms with Gasteiger partial charge in [-0.25, -0.2) is 4.99 Å². The summed E-state index contributed by atoms with van der Waals surface area (Å²) in [5.41, 5.74) is 1.24. The Kier molecular flexibility index (Phi) is 10.3. The first kappa shape index (κ1) is 23.5. The summed E-state index contributed by atoms with van der Waals surface area (Å²) in [6.45, 7) is 15.9. The van der Waals surface area contributed by atoms with Gasteiger partial charge < -0.3 is 25.0 Å². The van der Waals surface area contributed by atoms with Gasteiger partial charge in [0.15, 0.2) is 5.96 Å². The molecule has 0 radical (unpaired) electrons. The Balaban J connectivity index is 1.75. The van der Waals surface area contributed by atoms with Crippen LogP contribution in [0.25, 0.3) is 0 Å². The molecule has 1 fully saturated rings. The molecule has 2 N–H and O–H groups in total. The van der Waals surface area contributed by atoms with Crippen molar-refractivity contribution in [3.8, 4) is 5.75 Å². The quantitative estimate of drug-likeness (QED) is 0.463. The van der Waals surface area contributed by atoms with E-state index in [1.165, 1.54) is 5.56 Å². The summed E-state index contributed by atoms with van der Waals surface area (Å²) >= 11 is 0. The number of guanidine groups is 1. The highest BCUT2D eigenvalue weighted by molar-refractivity contribution is 5.80. The normalized spacial score (nSPS) is 17.4. The van der Waals surface area contributed by atoms with Crippen LogP contribution in [0, 0.1) is 6.92 Å². The average molecular weight is 405 g/mol. The van der Waals surface area contributed by atoms with Crippen molar-refractivity contribution >= 4 is 5.96 Å². The number of ether oxygens (including phenoxy) is 2. The molecule has 6 nitrogen and oxygen atoms in total. The largest absolute Gasteiger partial charge is 0.489 e. The van der Waals surface area contributed by atoms with Crippen LogP contribution in [0.4, 0.5) is 0 Å². The minimum atomic E-state index is 0.0240. The number of benzene rings is 1. The van der Waals surface area contributed by atoms with Gasteiger partial charge in [0.25, 0.3) is 0 Å². The monoisotopic (exact) mass is 404 g/mol. The van der Waals surface area contributed by atoms with E-state index in [0.717, 1.165) is 57.3 Å². The van der Waals surface area contributed by atoms with Crippen LogP contribution in [-0.4, -0.2) is 68.4 Å². The van der Waals surface area contributed by atoms with E-state index < -0.39 is 0 Å². The number of hydrogen-bond acceptors (Lipinski definition) is 4. The maximum Gasteiger partial charge on any atom is 0.191 e. The zero-order valence-electron chi connectivity index (χ0n) is 18.9. The molecular weight excluding hydrogens is 364 g/mol. The van der Waals surface area contributed by atoms with E-state index in [-0.39, 0.29) is 6.10 Å². The SMILES string of the molecule is CCNC(=NCC(C)Oc1ccc(C)cc1)NC1CCN(CCOC(C)C)CC1. The van der Waals surface area contributed by atoms with Gasteiger partial charge in [0.05, 0.1) is 19.3 Å². The minimum absolute atomic E-state index is 0.0240. The van der Waals surface area contributed by atoms with Gasteiger partial charge >= 0.3 is 0 Å². The fraction of sp³-hybridized carbons (Fsp3) is 0.696. The van der Waals surface area contributed by atoms with Crippen LogP contribution in [0.5, 0.6) is 5.75 Å². The van der Waals surface area contributed by atoms with E-state index in [9.17, 15) is 0 Å². The second kappa shape index (κ2) is 12.7. The zero-order chi connectivity index (χ0) is 21.1. The molecule has 1 aliphatic rings. The summed E-state index contributed by atoms with van der Waals surface area (Å²) in [7, 11) is 0. The maximum atomic E-state index is 5.98. The summed E-state index contributed by atoms with van der Waals surface area (Å²) in [6, 6.07) is 8.62. The molecule has 2 rings (SSSR count). The lowest BCUT2D eigenvalue weighted by Gasteiger charge is -2.33. The molecule has 1 saturated heterocycles. The van der Waals surface area contributed by atoms with Crippen molar-refractivity contribution in [2.24, 2.45) is 4.99 Å². The average Bonchev–Trinajstić information content (AvgIpc) is 2.69. The Morgan fingerprint density at radius 1 is 1.17 bits per heavy atom. The van der Waals surface area contributed by atoms with Crippen molar-refractivity contribution in [3.63, 3.8) is 0 Å². The van der Waals surface area contributed by atoms with Gasteiger partial charge in [-0.2, -0.15) is 0 Å². The molecule has 1 unspecified atom stereocenters. The van der Waals surface area contributed by atoms with Gasteiger partial charge in [0.2, 0.25) is 0 Å². The third kappa shape index (κ3) is 9.50. The molecule has 6 heteroatoms. The van der Waals surface area contributed by atoms with Crippen molar-refractivity contribution in [2.45, 2.75) is 65.7 Å². The van der Waals surface area contributed by atoms with Crippen molar-refractivity contribution in [1.29, 1.82) is 0 Å². The maximum absolute atomic E-state index is 5.98. The Morgan fingerprint density at radius 3 is 2.48 bits per heavy atom. The summed E-state index contributed by atoms with van der Waals surface area (Å²) in [4.78, 5) is 7.23. The van der Waals surface area contributed by atoms with Crippen LogP contribution in [0.1, 0.15) is 46.1 Å². The molecule has 164 valence electrons. The van der Waals surface area contributed by atoms with E-state index in [0.29, 0.717) is 18.7 Å². The lowest BCUT2D eigenvalue weighted by Crippen LogP contribution is -2.49. The first-order chi connectivity index (χ1) is 14.0. The van der Waals surface area contributed by atoms with Crippen molar-refractivity contribution < 1.29 is 9.47 Å². The molecule has 0 aromatic heterocycles. The summed E-state index contributed by atoms with van der Waals surface area (Å²) in [6.07, 6.45) is 2.59. The molecule has 0 aliphatic carbocycles. The second-order valence-electron chi connectivity index (χ2n) is 8.14. The number of rotatable bonds is 10. The van der Waals surface area contributed by atoms with Crippen molar-refractivity contribution in [1.82, 2.24) is 15.5 Å². The highest BCUT2D eigenvalue weighted by Crippen LogP contribution is 2.13. The van der Waals surface area contributed by atoms with Gasteiger partial charge in [-0.3, -0.25) is 0 Å². The van der Waals surface area contributed by atoms with Crippen LogP contribution in [-0.2, 0) is 4.74 Å². The number of aryl methyl sites for hydroxylation is 1. The zero-order valence-corrected chi connectivity index (χ0v) is 18.9. The molecule has 0 bridgehead atoms. The molecule has 1 atom stereocenters. The Morgan fingerprint density at radius 2 is 1.86 bits per heavy atom. The van der Waals surface area contributed by atoms with E-state index in [2.05, 4.69) is 62.3 Å². The number of aliphatic imine (C=N–C) groups is 1. The predicted octanol–water partition coefficient (Wildman–Crippen LogP) is 3.21. The first-order valence-electron chi connectivity index (χ1n) is 11.1. The van der Waals surface area contributed by atoms with Crippen LogP contribution in [0.15, 0.2) is 29.3 Å². The summed E-state index contributed by atoms with van der Waals surface area (Å²) < 4.78 is 11.6. The van der Waals surface area contributed by atoms with Gasteiger partial charge in [-0.1, -0.05) is 17.7 Å². The topological polar surface area (TPSA) is 58.1 Å². The van der Waals surface area contributed by atoms with Crippen molar-refractivity contribution in [2.75, 3.05) is 39.3 Å². The standard InChI is InChI=1S/C23H40N4O2/c1-6-24-23(25-17-20(5)29-22-9-7-19(4)8-10-22)26-21-11-13-27(14-12-21)15-16-28-18(2)3/h7-10,18,20-21H,6,11-17H2,1-5H3,(H2,24,25,26). The van der Waals surface area contributed by atoms with Crippen molar-refractivity contribution in [3.05, 3.63) is 29.8 Å². The fourth-order valence-corrected chi connectivity index (χ4v) is 3.34. The van der Waals surface area contributed by atoms with Gasteiger partial charge in [-0.05, 0) is 59.6 Å². The summed E-state index contributed by atoms with van der Waals surface area (Å²) in [5, 5.41) is 6.97.